The predicted octanol–water partition coefficient (Wildman–Crippen LogP) is 3.81. The molecule has 4 nitrogen and oxygen atoms in total. The van der Waals surface area contributed by atoms with Crippen LogP contribution in [0.3, 0.4) is 0 Å². The van der Waals surface area contributed by atoms with E-state index in [4.69, 9.17) is 5.26 Å². The first-order chi connectivity index (χ1) is 10.7. The Kier molecular flexibility index (Phi) is 3.35. The lowest BCUT2D eigenvalue weighted by Gasteiger charge is -2.00. The normalized spacial score (nSPS) is 11.1. The number of hydrogen-bond donors (Lipinski definition) is 2. The summed E-state index contributed by atoms with van der Waals surface area (Å²) in [5, 5.41) is 28.8. The van der Waals surface area contributed by atoms with Gasteiger partial charge in [-0.15, -0.1) is 0 Å². The van der Waals surface area contributed by atoms with E-state index in [2.05, 4.69) is 17.1 Å². The highest BCUT2D eigenvalue weighted by molar-refractivity contribution is 6.01. The first kappa shape index (κ1) is 13.5. The molecular formula is C18H11N3O. The zero-order valence-electron chi connectivity index (χ0n) is 11.5. The SMILES string of the molecule is N#CC(=Cc1cccc(C#N)c1)c1c[nH]c2ccc(O)cc12. The Morgan fingerprint density at radius 2 is 2.00 bits per heavy atom. The number of aromatic hydroxyl groups is 1. The van der Waals surface area contributed by atoms with Crippen LogP contribution in [0.5, 0.6) is 5.75 Å². The minimum atomic E-state index is 0.150. The van der Waals surface area contributed by atoms with Crippen LogP contribution in [-0.4, -0.2) is 10.1 Å². The average molecular weight is 285 g/mol. The van der Waals surface area contributed by atoms with Crippen LogP contribution in [0.15, 0.2) is 48.7 Å². The smallest absolute Gasteiger partial charge is 0.116 e. The Balaban J connectivity index is 2.14. The van der Waals surface area contributed by atoms with Gasteiger partial charge in [-0.2, -0.15) is 10.5 Å². The molecule has 0 aliphatic heterocycles. The molecule has 3 rings (SSSR count). The molecular weight excluding hydrogens is 274 g/mol. The van der Waals surface area contributed by atoms with Crippen molar-refractivity contribution in [2.24, 2.45) is 0 Å². The van der Waals surface area contributed by atoms with Crippen molar-refractivity contribution in [1.82, 2.24) is 4.98 Å². The number of hydrogen-bond acceptors (Lipinski definition) is 3. The monoisotopic (exact) mass is 285 g/mol. The van der Waals surface area contributed by atoms with Gasteiger partial charge in [0.25, 0.3) is 0 Å². The summed E-state index contributed by atoms with van der Waals surface area (Å²) in [5.41, 5.74) is 3.36. The van der Waals surface area contributed by atoms with Gasteiger partial charge in [-0.25, -0.2) is 0 Å². The molecule has 0 saturated heterocycles. The molecule has 0 atom stereocenters. The van der Waals surface area contributed by atoms with Crippen LogP contribution >= 0.6 is 0 Å². The Hall–Kier alpha value is -3.50. The first-order valence-electron chi connectivity index (χ1n) is 6.63. The topological polar surface area (TPSA) is 83.6 Å². The summed E-state index contributed by atoms with van der Waals surface area (Å²) >= 11 is 0. The summed E-state index contributed by atoms with van der Waals surface area (Å²) in [4.78, 5) is 3.08. The Morgan fingerprint density at radius 3 is 2.77 bits per heavy atom. The number of H-pyrrole nitrogens is 1. The summed E-state index contributed by atoms with van der Waals surface area (Å²) in [5.74, 6) is 0.150. The number of allylic oxidation sites excluding steroid dienone is 1. The highest BCUT2D eigenvalue weighted by Crippen LogP contribution is 2.29. The molecule has 1 aromatic heterocycles. The number of phenolic OH excluding ortho intramolecular Hbond substituents is 1. The van der Waals surface area contributed by atoms with Crippen molar-refractivity contribution in [3.05, 3.63) is 65.4 Å². The zero-order chi connectivity index (χ0) is 15.5. The van der Waals surface area contributed by atoms with E-state index in [-0.39, 0.29) is 5.75 Å². The van der Waals surface area contributed by atoms with Crippen molar-refractivity contribution in [2.75, 3.05) is 0 Å². The third-order valence-electron chi connectivity index (χ3n) is 3.40. The zero-order valence-corrected chi connectivity index (χ0v) is 11.5. The summed E-state index contributed by atoms with van der Waals surface area (Å²) in [6.07, 6.45) is 3.47. The Bertz CT molecular complexity index is 968. The van der Waals surface area contributed by atoms with Crippen LogP contribution in [0, 0.1) is 22.7 Å². The van der Waals surface area contributed by atoms with E-state index < -0.39 is 0 Å². The maximum absolute atomic E-state index is 9.63. The van der Waals surface area contributed by atoms with Crippen LogP contribution in [-0.2, 0) is 0 Å². The number of fused-ring (bicyclic) bond motifs is 1. The lowest BCUT2D eigenvalue weighted by Crippen LogP contribution is -1.82. The molecule has 1 heterocycles. The second-order valence-corrected chi connectivity index (χ2v) is 4.84. The minimum Gasteiger partial charge on any atom is -0.508 e. The van der Waals surface area contributed by atoms with Crippen LogP contribution in [0.25, 0.3) is 22.6 Å². The van der Waals surface area contributed by atoms with E-state index in [0.717, 1.165) is 22.0 Å². The molecule has 22 heavy (non-hydrogen) atoms. The molecule has 0 spiro atoms. The summed E-state index contributed by atoms with van der Waals surface area (Å²) < 4.78 is 0. The van der Waals surface area contributed by atoms with E-state index in [0.29, 0.717) is 11.1 Å². The van der Waals surface area contributed by atoms with Crippen LogP contribution in [0.2, 0.25) is 0 Å². The third kappa shape index (κ3) is 2.42. The van der Waals surface area contributed by atoms with Crippen molar-refractivity contribution in [3.8, 4) is 17.9 Å². The standard InChI is InChI=1S/C18H11N3O/c19-9-13-3-1-2-12(6-13)7-14(10-20)17-11-21-18-5-4-15(22)8-16(17)18/h1-8,11,21-22H. The van der Waals surface area contributed by atoms with Crippen molar-refractivity contribution >= 4 is 22.6 Å². The van der Waals surface area contributed by atoms with Crippen molar-refractivity contribution < 1.29 is 5.11 Å². The van der Waals surface area contributed by atoms with E-state index in [1.807, 2.05) is 6.07 Å². The van der Waals surface area contributed by atoms with Gasteiger partial charge in [0.2, 0.25) is 0 Å². The van der Waals surface area contributed by atoms with Gasteiger partial charge in [0, 0.05) is 22.7 Å². The largest absolute Gasteiger partial charge is 0.508 e. The number of nitrogens with zero attached hydrogens (tertiary/aromatic N) is 2. The maximum atomic E-state index is 9.63. The number of benzene rings is 2. The predicted molar refractivity (Wildman–Crippen MR) is 84.6 cm³/mol. The molecule has 2 aromatic carbocycles. The number of aromatic nitrogens is 1. The minimum absolute atomic E-state index is 0.150. The number of aromatic amines is 1. The fourth-order valence-electron chi connectivity index (χ4n) is 2.37. The van der Waals surface area contributed by atoms with Gasteiger partial charge >= 0.3 is 0 Å². The fraction of sp³-hybridized carbons (Fsp3) is 0. The number of nitriles is 2. The second-order valence-electron chi connectivity index (χ2n) is 4.84. The van der Waals surface area contributed by atoms with Gasteiger partial charge in [-0.05, 0) is 42.0 Å². The molecule has 0 aliphatic rings. The molecule has 0 aliphatic carbocycles. The van der Waals surface area contributed by atoms with Gasteiger partial charge in [-0.3, -0.25) is 0 Å². The number of rotatable bonds is 2. The Morgan fingerprint density at radius 1 is 1.14 bits per heavy atom. The number of nitrogens with one attached hydrogen (secondary N) is 1. The maximum Gasteiger partial charge on any atom is 0.116 e. The lowest BCUT2D eigenvalue weighted by atomic mass is 10.0. The van der Waals surface area contributed by atoms with Crippen LogP contribution in [0.1, 0.15) is 16.7 Å². The van der Waals surface area contributed by atoms with Crippen LogP contribution < -0.4 is 0 Å². The summed E-state index contributed by atoms with van der Waals surface area (Å²) in [6, 6.07) is 16.3. The van der Waals surface area contributed by atoms with Gasteiger partial charge in [0.05, 0.1) is 23.3 Å². The molecule has 0 bridgehead atoms. The average Bonchev–Trinajstić information content (AvgIpc) is 2.95. The lowest BCUT2D eigenvalue weighted by molar-refractivity contribution is 0.476. The highest BCUT2D eigenvalue weighted by atomic mass is 16.3. The van der Waals surface area contributed by atoms with E-state index in [1.165, 1.54) is 0 Å². The molecule has 0 radical (unpaired) electrons. The first-order valence-corrected chi connectivity index (χ1v) is 6.63. The van der Waals surface area contributed by atoms with E-state index in [1.54, 1.807) is 48.7 Å². The van der Waals surface area contributed by atoms with Crippen molar-refractivity contribution in [2.45, 2.75) is 0 Å². The molecule has 104 valence electrons. The Labute approximate surface area is 127 Å². The molecule has 3 aromatic rings. The van der Waals surface area contributed by atoms with Gasteiger partial charge in [0.1, 0.15) is 5.75 Å². The van der Waals surface area contributed by atoms with Gasteiger partial charge < -0.3 is 10.1 Å². The van der Waals surface area contributed by atoms with Crippen molar-refractivity contribution in [3.63, 3.8) is 0 Å². The second kappa shape index (κ2) is 5.47. The highest BCUT2D eigenvalue weighted by Gasteiger charge is 2.09. The van der Waals surface area contributed by atoms with E-state index in [9.17, 15) is 10.4 Å². The summed E-state index contributed by atoms with van der Waals surface area (Å²) in [7, 11) is 0. The molecule has 4 heteroatoms. The van der Waals surface area contributed by atoms with Gasteiger partial charge in [0.15, 0.2) is 0 Å². The molecule has 0 fully saturated rings. The number of phenols is 1. The molecule has 0 unspecified atom stereocenters. The summed E-state index contributed by atoms with van der Waals surface area (Å²) in [6.45, 7) is 0. The molecule has 0 saturated carbocycles. The fourth-order valence-corrected chi connectivity index (χ4v) is 2.37. The van der Waals surface area contributed by atoms with Crippen LogP contribution in [0.4, 0.5) is 0 Å². The van der Waals surface area contributed by atoms with E-state index >= 15 is 0 Å². The third-order valence-corrected chi connectivity index (χ3v) is 3.40. The molecule has 0 amide bonds. The molecule has 2 N–H and O–H groups in total. The van der Waals surface area contributed by atoms with Gasteiger partial charge in [-0.1, -0.05) is 12.1 Å². The van der Waals surface area contributed by atoms with Crippen molar-refractivity contribution in [1.29, 1.82) is 10.5 Å². The quantitative estimate of drug-likeness (QED) is 0.702.